The minimum absolute atomic E-state index is 0.581. The molecule has 15 aromatic rings. The Morgan fingerprint density at radius 1 is 0.216 bits per heavy atom. The van der Waals surface area contributed by atoms with Crippen molar-refractivity contribution in [2.24, 2.45) is 0 Å². The summed E-state index contributed by atoms with van der Waals surface area (Å²) in [6.07, 6.45) is 0. The molecule has 0 spiro atoms. The van der Waals surface area contributed by atoms with E-state index in [1.807, 2.05) is 91.8 Å². The van der Waals surface area contributed by atoms with Crippen LogP contribution in [0.5, 0.6) is 0 Å². The molecule has 422 valence electrons. The van der Waals surface area contributed by atoms with Gasteiger partial charge in [-0.1, -0.05) is 78.9 Å². The average Bonchev–Trinajstić information content (AvgIpc) is 1.62. The summed E-state index contributed by atoms with van der Waals surface area (Å²) >= 11 is 0. The van der Waals surface area contributed by atoms with Crippen LogP contribution in [0.3, 0.4) is 0 Å². The summed E-state index contributed by atoms with van der Waals surface area (Å²) in [5.74, 6) is 8.18. The standard InChI is InChI=1S/C72H54N16/c1-39-73-40(2)78-68(77-39)49-23-29-64-56(34-49)57-35-50(69-79-41(3)74-42(4)80-69)24-30-65(57)87(64)62-22-16-15-21-54(62)55-33-53(72-85-60(47-17-11-9-12-18-47)38-61(86-72)48-19-13-10-14-20-48)27-28-63(55)88-66-31-25-51(70-81-43(5)75-44(6)82-70)36-58(66)59-37-52(26-32-67(59)88)71-83-45(7)76-46(8)84-71/h9-38H,1-8H3. The molecule has 0 amide bonds. The maximum Gasteiger partial charge on any atom is 0.163 e. The molecule has 0 aliphatic rings. The fraction of sp³-hybridized carbons (Fsp3) is 0.111. The van der Waals surface area contributed by atoms with Crippen molar-refractivity contribution in [3.05, 3.63) is 229 Å². The van der Waals surface area contributed by atoms with Gasteiger partial charge in [-0.3, -0.25) is 0 Å². The van der Waals surface area contributed by atoms with Crippen LogP contribution >= 0.6 is 0 Å². The molecule has 0 radical (unpaired) electrons. The number of fused-ring (bicyclic) bond motifs is 6. The second-order valence-corrected chi connectivity index (χ2v) is 22.1. The monoisotopic (exact) mass is 1140 g/mol. The molecule has 8 aromatic carbocycles. The third-order valence-electron chi connectivity index (χ3n) is 15.8. The Bertz CT molecular complexity index is 4970. The van der Waals surface area contributed by atoms with Gasteiger partial charge in [0, 0.05) is 71.6 Å². The second-order valence-electron chi connectivity index (χ2n) is 22.1. The predicted molar refractivity (Wildman–Crippen MR) is 346 cm³/mol. The highest BCUT2D eigenvalue weighted by Crippen LogP contribution is 2.45. The van der Waals surface area contributed by atoms with Gasteiger partial charge in [-0.25, -0.2) is 69.8 Å². The number of benzene rings is 8. The lowest BCUT2D eigenvalue weighted by molar-refractivity contribution is 0.928. The van der Waals surface area contributed by atoms with E-state index in [4.69, 9.17) is 49.8 Å². The number of rotatable bonds is 10. The molecule has 0 N–H and O–H groups in total. The van der Waals surface area contributed by atoms with Gasteiger partial charge in [0.1, 0.15) is 46.6 Å². The van der Waals surface area contributed by atoms with E-state index in [9.17, 15) is 0 Å². The van der Waals surface area contributed by atoms with Crippen molar-refractivity contribution in [3.63, 3.8) is 0 Å². The molecule has 16 nitrogen and oxygen atoms in total. The van der Waals surface area contributed by atoms with E-state index >= 15 is 0 Å². The molecule has 0 atom stereocenters. The Balaban J connectivity index is 1.02. The van der Waals surface area contributed by atoms with Crippen LogP contribution in [0.15, 0.2) is 182 Å². The molecule has 0 aliphatic carbocycles. The molecule has 16 heteroatoms. The first-order valence-corrected chi connectivity index (χ1v) is 29.0. The van der Waals surface area contributed by atoms with Crippen LogP contribution in [0, 0.1) is 55.4 Å². The third-order valence-corrected chi connectivity index (χ3v) is 15.8. The molecule has 88 heavy (non-hydrogen) atoms. The van der Waals surface area contributed by atoms with Crippen molar-refractivity contribution in [2.45, 2.75) is 55.4 Å². The summed E-state index contributed by atoms with van der Waals surface area (Å²) in [6, 6.07) is 63.7. The van der Waals surface area contributed by atoms with Crippen LogP contribution in [0.25, 0.3) is 146 Å². The zero-order chi connectivity index (χ0) is 59.9. The number of hydrogen-bond acceptors (Lipinski definition) is 14. The molecule has 7 heterocycles. The Morgan fingerprint density at radius 2 is 0.500 bits per heavy atom. The zero-order valence-electron chi connectivity index (χ0n) is 49.5. The van der Waals surface area contributed by atoms with Gasteiger partial charge in [0.25, 0.3) is 0 Å². The van der Waals surface area contributed by atoms with E-state index in [0.29, 0.717) is 75.7 Å². The van der Waals surface area contributed by atoms with Gasteiger partial charge < -0.3 is 9.13 Å². The molecular formula is C72H54N16. The van der Waals surface area contributed by atoms with Crippen LogP contribution in [-0.2, 0) is 0 Å². The lowest BCUT2D eigenvalue weighted by atomic mass is 9.97. The third kappa shape index (κ3) is 9.62. The van der Waals surface area contributed by atoms with Gasteiger partial charge in [-0.2, -0.15) is 0 Å². The predicted octanol–water partition coefficient (Wildman–Crippen LogP) is 15.2. The molecule has 0 fully saturated rings. The SMILES string of the molecule is Cc1nc(C)nc(-c2ccc3c(c2)c2cc(-c4nc(C)nc(C)n4)ccc2n3-c2ccccc2-c2cc(-c3nc(-c4ccccc4)cc(-c4ccccc4)n3)ccc2-n2c3ccc(-c4nc(C)nc(C)n4)cc3c3cc(-c4nc(C)nc(C)n4)ccc32)n1. The van der Waals surface area contributed by atoms with Gasteiger partial charge in [-0.05, 0) is 159 Å². The van der Waals surface area contributed by atoms with Crippen LogP contribution < -0.4 is 0 Å². The van der Waals surface area contributed by atoms with E-state index in [0.717, 1.165) is 116 Å². The van der Waals surface area contributed by atoms with E-state index in [1.165, 1.54) is 0 Å². The van der Waals surface area contributed by atoms with Gasteiger partial charge in [0.05, 0.1) is 44.8 Å². The van der Waals surface area contributed by atoms with Crippen molar-refractivity contribution in [2.75, 3.05) is 0 Å². The fourth-order valence-corrected chi connectivity index (χ4v) is 12.2. The normalized spacial score (nSPS) is 11.6. The van der Waals surface area contributed by atoms with Gasteiger partial charge in [-0.15, -0.1) is 0 Å². The van der Waals surface area contributed by atoms with E-state index in [2.05, 4.69) is 175 Å². The highest BCUT2D eigenvalue weighted by Gasteiger charge is 2.25. The quantitative estimate of drug-likeness (QED) is 0.126. The molecule has 7 aromatic heterocycles. The smallest absolute Gasteiger partial charge is 0.163 e. The lowest BCUT2D eigenvalue weighted by Gasteiger charge is -2.20. The molecule has 0 saturated heterocycles. The maximum absolute atomic E-state index is 5.39. The highest BCUT2D eigenvalue weighted by molar-refractivity contribution is 6.14. The Labute approximate surface area is 506 Å². The average molecular weight is 1140 g/mol. The van der Waals surface area contributed by atoms with E-state index in [-0.39, 0.29) is 0 Å². The number of aromatic nitrogens is 16. The Hall–Kier alpha value is -11.5. The minimum atomic E-state index is 0.581. The molecular weight excluding hydrogens is 1090 g/mol. The van der Waals surface area contributed by atoms with Crippen LogP contribution in [-0.4, -0.2) is 78.9 Å². The first-order valence-electron chi connectivity index (χ1n) is 29.0. The van der Waals surface area contributed by atoms with Gasteiger partial charge in [0.15, 0.2) is 29.1 Å². The van der Waals surface area contributed by atoms with Crippen LogP contribution in [0.4, 0.5) is 0 Å². The van der Waals surface area contributed by atoms with Gasteiger partial charge >= 0.3 is 0 Å². The van der Waals surface area contributed by atoms with Gasteiger partial charge in [0.2, 0.25) is 0 Å². The Kier molecular flexibility index (Phi) is 12.8. The van der Waals surface area contributed by atoms with Crippen LogP contribution in [0.1, 0.15) is 46.6 Å². The summed E-state index contributed by atoms with van der Waals surface area (Å²) in [6.45, 7) is 15.2. The topological polar surface area (TPSA) is 190 Å². The molecule has 0 bridgehead atoms. The molecule has 0 unspecified atom stereocenters. The number of nitrogens with zero attached hydrogens (tertiary/aromatic N) is 16. The summed E-state index contributed by atoms with van der Waals surface area (Å²) in [5, 5.41) is 3.97. The number of aryl methyl sites for hydroxylation is 8. The largest absolute Gasteiger partial charge is 0.309 e. The van der Waals surface area contributed by atoms with E-state index < -0.39 is 0 Å². The zero-order valence-corrected chi connectivity index (χ0v) is 49.5. The second kappa shape index (κ2) is 21.2. The first kappa shape index (κ1) is 53.2. The summed E-state index contributed by atoms with van der Waals surface area (Å²) in [5.41, 5.74) is 15.5. The first-order chi connectivity index (χ1) is 42.8. The van der Waals surface area contributed by atoms with Crippen LogP contribution in [0.2, 0.25) is 0 Å². The highest BCUT2D eigenvalue weighted by atomic mass is 15.1. The summed E-state index contributed by atoms with van der Waals surface area (Å²) in [4.78, 5) is 67.4. The maximum atomic E-state index is 5.39. The minimum Gasteiger partial charge on any atom is -0.309 e. The summed E-state index contributed by atoms with van der Waals surface area (Å²) in [7, 11) is 0. The molecule has 0 saturated carbocycles. The summed E-state index contributed by atoms with van der Waals surface area (Å²) < 4.78 is 4.72. The van der Waals surface area contributed by atoms with Crippen molar-refractivity contribution >= 4 is 43.6 Å². The lowest BCUT2D eigenvalue weighted by Crippen LogP contribution is -2.03. The van der Waals surface area contributed by atoms with Crippen molar-refractivity contribution < 1.29 is 0 Å². The van der Waals surface area contributed by atoms with Crippen molar-refractivity contribution in [3.8, 4) is 102 Å². The molecule has 0 aliphatic heterocycles. The van der Waals surface area contributed by atoms with Crippen molar-refractivity contribution in [1.29, 1.82) is 0 Å². The van der Waals surface area contributed by atoms with E-state index in [1.54, 1.807) is 0 Å². The Morgan fingerprint density at radius 3 is 0.852 bits per heavy atom. The number of para-hydroxylation sites is 1. The van der Waals surface area contributed by atoms with Crippen molar-refractivity contribution in [1.82, 2.24) is 78.9 Å². The fourth-order valence-electron chi connectivity index (χ4n) is 12.2. The number of hydrogen-bond donors (Lipinski definition) is 0. The molecule has 15 rings (SSSR count).